The first kappa shape index (κ1) is 18.7. The van der Waals surface area contributed by atoms with Crippen LogP contribution < -0.4 is 5.32 Å². The first-order chi connectivity index (χ1) is 13.6. The largest absolute Gasteiger partial charge is 0.345 e. The van der Waals surface area contributed by atoms with Gasteiger partial charge >= 0.3 is 0 Å². The smallest absolute Gasteiger partial charge is 0.225 e. The van der Waals surface area contributed by atoms with Gasteiger partial charge in [-0.3, -0.25) is 9.59 Å². The molecule has 0 spiro atoms. The van der Waals surface area contributed by atoms with Crippen LogP contribution in [0.2, 0.25) is 0 Å². The maximum atomic E-state index is 13.0. The normalized spacial score (nSPS) is 18.5. The number of amides is 2. The van der Waals surface area contributed by atoms with Crippen LogP contribution >= 0.6 is 0 Å². The second-order valence-electron chi connectivity index (χ2n) is 8.14. The molecule has 2 aromatic carbocycles. The molecule has 0 bridgehead atoms. The molecule has 146 valence electrons. The van der Waals surface area contributed by atoms with Gasteiger partial charge in [-0.2, -0.15) is 0 Å². The van der Waals surface area contributed by atoms with Crippen molar-refractivity contribution in [3.05, 3.63) is 71.3 Å². The molecule has 4 heteroatoms. The molecule has 1 aliphatic heterocycles. The minimum atomic E-state index is -0.152. The van der Waals surface area contributed by atoms with Gasteiger partial charge in [0.15, 0.2) is 0 Å². The zero-order chi connectivity index (χ0) is 19.5. The Kier molecular flexibility index (Phi) is 5.47. The van der Waals surface area contributed by atoms with Crippen LogP contribution in [0.25, 0.3) is 0 Å². The Morgan fingerprint density at radius 2 is 1.46 bits per heavy atom. The van der Waals surface area contributed by atoms with E-state index in [1.807, 2.05) is 23.1 Å². The standard InChI is InChI=1S/C24H28N2O2/c1-17-7-9-19(10-8-17)22(18-5-3-2-4-6-18)25-23(27)20-13-15-26(16-14-20)24(28)21-11-12-21/h2-10,20-22H,11-16H2,1H3,(H,25,27). The van der Waals surface area contributed by atoms with Crippen LogP contribution in [0.5, 0.6) is 0 Å². The number of rotatable bonds is 5. The van der Waals surface area contributed by atoms with Gasteiger partial charge in [-0.1, -0.05) is 60.2 Å². The number of benzene rings is 2. The maximum Gasteiger partial charge on any atom is 0.225 e. The van der Waals surface area contributed by atoms with Crippen molar-refractivity contribution in [3.63, 3.8) is 0 Å². The third-order valence-electron chi connectivity index (χ3n) is 5.93. The van der Waals surface area contributed by atoms with Crippen molar-refractivity contribution >= 4 is 11.8 Å². The van der Waals surface area contributed by atoms with Crippen LogP contribution in [0.4, 0.5) is 0 Å². The topological polar surface area (TPSA) is 49.4 Å². The van der Waals surface area contributed by atoms with Crippen molar-refractivity contribution in [2.24, 2.45) is 11.8 Å². The fourth-order valence-electron chi connectivity index (χ4n) is 3.97. The highest BCUT2D eigenvalue weighted by Gasteiger charge is 2.36. The zero-order valence-corrected chi connectivity index (χ0v) is 16.4. The van der Waals surface area contributed by atoms with Crippen molar-refractivity contribution in [1.82, 2.24) is 10.2 Å². The summed E-state index contributed by atoms with van der Waals surface area (Å²) in [5, 5.41) is 3.28. The molecule has 1 unspecified atom stereocenters. The summed E-state index contributed by atoms with van der Waals surface area (Å²) >= 11 is 0. The van der Waals surface area contributed by atoms with E-state index >= 15 is 0 Å². The Hall–Kier alpha value is -2.62. The van der Waals surface area contributed by atoms with Gasteiger partial charge in [0.25, 0.3) is 0 Å². The summed E-state index contributed by atoms with van der Waals surface area (Å²) in [5.74, 6) is 0.614. The van der Waals surface area contributed by atoms with Crippen molar-refractivity contribution < 1.29 is 9.59 Å². The molecular formula is C24H28N2O2. The van der Waals surface area contributed by atoms with E-state index in [0.717, 1.165) is 36.8 Å². The fourth-order valence-corrected chi connectivity index (χ4v) is 3.97. The molecule has 2 aromatic rings. The van der Waals surface area contributed by atoms with Gasteiger partial charge in [-0.05, 0) is 43.7 Å². The lowest BCUT2D eigenvalue weighted by Crippen LogP contribution is -2.44. The lowest BCUT2D eigenvalue weighted by molar-refractivity contribution is -0.136. The quantitative estimate of drug-likeness (QED) is 0.862. The predicted octanol–water partition coefficient (Wildman–Crippen LogP) is 3.85. The average molecular weight is 377 g/mol. The molecule has 4 nitrogen and oxygen atoms in total. The van der Waals surface area contributed by atoms with E-state index in [-0.39, 0.29) is 23.8 Å². The summed E-state index contributed by atoms with van der Waals surface area (Å²) in [4.78, 5) is 27.2. The number of nitrogens with one attached hydrogen (secondary N) is 1. The number of aryl methyl sites for hydroxylation is 1. The summed E-state index contributed by atoms with van der Waals surface area (Å²) in [6.45, 7) is 3.47. The van der Waals surface area contributed by atoms with Gasteiger partial charge in [0.1, 0.15) is 0 Å². The number of carbonyl (C=O) groups excluding carboxylic acids is 2. The van der Waals surface area contributed by atoms with Crippen molar-refractivity contribution in [3.8, 4) is 0 Å². The maximum absolute atomic E-state index is 13.0. The lowest BCUT2D eigenvalue weighted by Gasteiger charge is -2.32. The van der Waals surface area contributed by atoms with Crippen LogP contribution in [0.15, 0.2) is 54.6 Å². The number of hydrogen-bond donors (Lipinski definition) is 1. The number of piperidine rings is 1. The molecule has 4 rings (SSSR count). The van der Waals surface area contributed by atoms with E-state index in [2.05, 4.69) is 48.6 Å². The first-order valence-electron chi connectivity index (χ1n) is 10.3. The van der Waals surface area contributed by atoms with Crippen LogP contribution in [-0.4, -0.2) is 29.8 Å². The zero-order valence-electron chi connectivity index (χ0n) is 16.4. The summed E-state index contributed by atoms with van der Waals surface area (Å²) in [6.07, 6.45) is 3.57. The van der Waals surface area contributed by atoms with E-state index in [1.165, 1.54) is 5.56 Å². The van der Waals surface area contributed by atoms with Crippen molar-refractivity contribution in [2.45, 2.75) is 38.6 Å². The highest BCUT2D eigenvalue weighted by Crippen LogP contribution is 2.32. The lowest BCUT2D eigenvalue weighted by atomic mass is 9.93. The average Bonchev–Trinajstić information content (AvgIpc) is 3.58. The Balaban J connectivity index is 1.44. The molecule has 1 saturated carbocycles. The summed E-state index contributed by atoms with van der Waals surface area (Å²) in [6, 6.07) is 18.3. The molecule has 1 aliphatic carbocycles. The van der Waals surface area contributed by atoms with Crippen LogP contribution in [0.3, 0.4) is 0 Å². The van der Waals surface area contributed by atoms with E-state index in [9.17, 15) is 9.59 Å². The Labute approximate surface area is 166 Å². The molecule has 28 heavy (non-hydrogen) atoms. The number of nitrogens with zero attached hydrogens (tertiary/aromatic N) is 1. The van der Waals surface area contributed by atoms with E-state index in [1.54, 1.807) is 0 Å². The van der Waals surface area contributed by atoms with Crippen molar-refractivity contribution in [1.29, 1.82) is 0 Å². The fraction of sp³-hybridized carbons (Fsp3) is 0.417. The highest BCUT2D eigenvalue weighted by molar-refractivity contribution is 5.82. The molecule has 1 N–H and O–H groups in total. The molecule has 2 aliphatic rings. The molecule has 2 fully saturated rings. The number of carbonyl (C=O) groups is 2. The molecule has 0 radical (unpaired) electrons. The Morgan fingerprint density at radius 3 is 2.07 bits per heavy atom. The molecular weight excluding hydrogens is 348 g/mol. The van der Waals surface area contributed by atoms with Crippen LogP contribution in [0.1, 0.15) is 48.4 Å². The number of likely N-dealkylation sites (tertiary alicyclic amines) is 1. The summed E-state index contributed by atoms with van der Waals surface area (Å²) in [5.41, 5.74) is 3.38. The van der Waals surface area contributed by atoms with E-state index < -0.39 is 0 Å². The Morgan fingerprint density at radius 1 is 0.857 bits per heavy atom. The minimum Gasteiger partial charge on any atom is -0.345 e. The van der Waals surface area contributed by atoms with Gasteiger partial charge in [-0.15, -0.1) is 0 Å². The molecule has 2 amide bonds. The molecule has 1 saturated heterocycles. The van der Waals surface area contributed by atoms with Crippen LogP contribution in [0, 0.1) is 18.8 Å². The SMILES string of the molecule is Cc1ccc(C(NC(=O)C2CCN(C(=O)C3CC3)CC2)c2ccccc2)cc1. The number of hydrogen-bond acceptors (Lipinski definition) is 2. The van der Waals surface area contributed by atoms with Gasteiger partial charge in [0.2, 0.25) is 11.8 Å². The third-order valence-corrected chi connectivity index (χ3v) is 5.93. The van der Waals surface area contributed by atoms with E-state index in [0.29, 0.717) is 19.0 Å². The monoisotopic (exact) mass is 376 g/mol. The summed E-state index contributed by atoms with van der Waals surface area (Å²) in [7, 11) is 0. The molecule has 1 heterocycles. The summed E-state index contributed by atoms with van der Waals surface area (Å²) < 4.78 is 0. The molecule has 1 atom stereocenters. The van der Waals surface area contributed by atoms with Gasteiger partial charge in [0.05, 0.1) is 6.04 Å². The highest BCUT2D eigenvalue weighted by atomic mass is 16.2. The second-order valence-corrected chi connectivity index (χ2v) is 8.14. The third kappa shape index (κ3) is 4.27. The van der Waals surface area contributed by atoms with Gasteiger partial charge in [0, 0.05) is 24.9 Å². The van der Waals surface area contributed by atoms with Crippen LogP contribution in [-0.2, 0) is 9.59 Å². The Bertz CT molecular complexity index is 819. The predicted molar refractivity (Wildman–Crippen MR) is 110 cm³/mol. The van der Waals surface area contributed by atoms with Crippen molar-refractivity contribution in [2.75, 3.05) is 13.1 Å². The van der Waals surface area contributed by atoms with E-state index in [4.69, 9.17) is 0 Å². The first-order valence-corrected chi connectivity index (χ1v) is 10.3. The molecule has 0 aromatic heterocycles. The van der Waals surface area contributed by atoms with Gasteiger partial charge in [-0.25, -0.2) is 0 Å². The van der Waals surface area contributed by atoms with Gasteiger partial charge < -0.3 is 10.2 Å². The minimum absolute atomic E-state index is 0.0279. The second kappa shape index (κ2) is 8.17.